The van der Waals surface area contributed by atoms with E-state index in [1.807, 2.05) is 30.3 Å². The van der Waals surface area contributed by atoms with Crippen molar-refractivity contribution in [2.24, 2.45) is 11.8 Å². The molecule has 4 nitrogen and oxygen atoms in total. The molecule has 0 aliphatic carbocycles. The van der Waals surface area contributed by atoms with Crippen LogP contribution in [0.5, 0.6) is 5.75 Å². The molecule has 0 aromatic heterocycles. The molecule has 2 unspecified atom stereocenters. The van der Waals surface area contributed by atoms with Crippen LogP contribution in [0.15, 0.2) is 30.3 Å². The Morgan fingerprint density at radius 2 is 2.15 bits per heavy atom. The van der Waals surface area contributed by atoms with E-state index >= 15 is 0 Å². The summed E-state index contributed by atoms with van der Waals surface area (Å²) in [7, 11) is 1.62. The number of ether oxygens (including phenoxy) is 1. The van der Waals surface area contributed by atoms with Gasteiger partial charge in [0, 0.05) is 23.6 Å². The van der Waals surface area contributed by atoms with Crippen molar-refractivity contribution in [1.82, 2.24) is 4.90 Å². The molecule has 27 heavy (non-hydrogen) atoms. The summed E-state index contributed by atoms with van der Waals surface area (Å²) in [4.78, 5) is 15.6. The molecule has 0 N–H and O–H groups in total. The number of ketones is 1. The zero-order valence-electron chi connectivity index (χ0n) is 16.5. The summed E-state index contributed by atoms with van der Waals surface area (Å²) >= 11 is 0. The van der Waals surface area contributed by atoms with E-state index in [4.69, 9.17) is 10.00 Å². The second kappa shape index (κ2) is 8.54. The Bertz CT molecular complexity index is 869. The second-order valence-electron chi connectivity index (χ2n) is 7.55. The molecule has 1 aliphatic rings. The molecule has 1 aliphatic heterocycles. The lowest BCUT2D eigenvalue weighted by Crippen LogP contribution is -2.43. The van der Waals surface area contributed by atoms with Gasteiger partial charge in [0.1, 0.15) is 5.75 Å². The van der Waals surface area contributed by atoms with E-state index in [1.165, 1.54) is 0 Å². The van der Waals surface area contributed by atoms with Gasteiger partial charge in [-0.15, -0.1) is 0 Å². The molecule has 1 saturated heterocycles. The van der Waals surface area contributed by atoms with Crippen molar-refractivity contribution in [2.75, 3.05) is 26.7 Å². The molecule has 1 fully saturated rings. The standard InChI is InChI=1S/C23H28N2O2/c1-4-12-25-13-10-16(2)21(15-25)23(26)18-5-7-19-17(14-18)6-8-22(27-3)20(19)9-11-24/h5-8,14,16,21H,4,9-10,12-13,15H2,1-3H3. The largest absolute Gasteiger partial charge is 0.496 e. The summed E-state index contributed by atoms with van der Waals surface area (Å²) in [6, 6.07) is 11.9. The van der Waals surface area contributed by atoms with Gasteiger partial charge in [0.2, 0.25) is 0 Å². The van der Waals surface area contributed by atoms with Crippen LogP contribution in [0.2, 0.25) is 0 Å². The van der Waals surface area contributed by atoms with Crippen molar-refractivity contribution in [3.8, 4) is 11.8 Å². The Morgan fingerprint density at radius 1 is 1.33 bits per heavy atom. The topological polar surface area (TPSA) is 53.3 Å². The zero-order chi connectivity index (χ0) is 19.4. The van der Waals surface area contributed by atoms with Crippen LogP contribution < -0.4 is 4.74 Å². The monoisotopic (exact) mass is 364 g/mol. The molecule has 142 valence electrons. The number of nitrogens with zero attached hydrogens (tertiary/aromatic N) is 2. The van der Waals surface area contributed by atoms with Crippen LogP contribution >= 0.6 is 0 Å². The lowest BCUT2D eigenvalue weighted by Gasteiger charge is -2.36. The Morgan fingerprint density at radius 3 is 2.85 bits per heavy atom. The van der Waals surface area contributed by atoms with Crippen LogP contribution in [-0.4, -0.2) is 37.4 Å². The first-order valence-corrected chi connectivity index (χ1v) is 9.82. The van der Waals surface area contributed by atoms with Crippen LogP contribution in [0.3, 0.4) is 0 Å². The Balaban J connectivity index is 1.92. The number of rotatable bonds is 6. The number of methoxy groups -OCH3 is 1. The summed E-state index contributed by atoms with van der Waals surface area (Å²) in [6.07, 6.45) is 2.49. The van der Waals surface area contributed by atoms with Gasteiger partial charge in [0.05, 0.1) is 19.6 Å². The van der Waals surface area contributed by atoms with E-state index in [-0.39, 0.29) is 11.7 Å². The van der Waals surface area contributed by atoms with Crippen molar-refractivity contribution in [1.29, 1.82) is 5.26 Å². The number of carbonyl (C=O) groups is 1. The van der Waals surface area contributed by atoms with Crippen molar-refractivity contribution in [2.45, 2.75) is 33.1 Å². The fraction of sp³-hybridized carbons (Fsp3) is 0.478. The number of hydrogen-bond donors (Lipinski definition) is 0. The van der Waals surface area contributed by atoms with E-state index in [0.29, 0.717) is 12.3 Å². The maximum Gasteiger partial charge on any atom is 0.167 e. The number of hydrogen-bond acceptors (Lipinski definition) is 4. The first kappa shape index (κ1) is 19.4. The maximum absolute atomic E-state index is 13.2. The molecule has 0 radical (unpaired) electrons. The average molecular weight is 364 g/mol. The lowest BCUT2D eigenvalue weighted by atomic mass is 9.81. The van der Waals surface area contributed by atoms with Gasteiger partial charge in [-0.2, -0.15) is 5.26 Å². The van der Waals surface area contributed by atoms with Gasteiger partial charge < -0.3 is 9.64 Å². The van der Waals surface area contributed by atoms with E-state index < -0.39 is 0 Å². The first-order valence-electron chi connectivity index (χ1n) is 9.82. The van der Waals surface area contributed by atoms with E-state index in [0.717, 1.165) is 60.1 Å². The van der Waals surface area contributed by atoms with E-state index in [2.05, 4.69) is 24.8 Å². The minimum absolute atomic E-state index is 0.0552. The molecule has 0 bridgehead atoms. The number of nitriles is 1. The molecule has 0 spiro atoms. The van der Waals surface area contributed by atoms with Crippen LogP contribution in [0.25, 0.3) is 10.8 Å². The lowest BCUT2D eigenvalue weighted by molar-refractivity contribution is 0.0720. The molecule has 0 amide bonds. The first-order chi connectivity index (χ1) is 13.1. The van der Waals surface area contributed by atoms with Crippen LogP contribution in [-0.2, 0) is 6.42 Å². The highest BCUT2D eigenvalue weighted by molar-refractivity contribution is 6.02. The van der Waals surface area contributed by atoms with Crippen LogP contribution in [0.1, 0.15) is 42.6 Å². The Hall–Kier alpha value is -2.38. The molecular weight excluding hydrogens is 336 g/mol. The number of carbonyl (C=O) groups excluding carboxylic acids is 1. The summed E-state index contributed by atoms with van der Waals surface area (Å²) in [5, 5.41) is 11.1. The minimum atomic E-state index is 0.0552. The molecule has 2 atom stereocenters. The van der Waals surface area contributed by atoms with Crippen LogP contribution in [0, 0.1) is 23.2 Å². The highest BCUT2D eigenvalue weighted by Crippen LogP contribution is 2.31. The molecule has 4 heteroatoms. The predicted molar refractivity (Wildman–Crippen MR) is 108 cm³/mol. The van der Waals surface area contributed by atoms with Gasteiger partial charge in [0.25, 0.3) is 0 Å². The van der Waals surface area contributed by atoms with Gasteiger partial charge in [-0.3, -0.25) is 4.79 Å². The Kier molecular flexibility index (Phi) is 6.13. The summed E-state index contributed by atoms with van der Waals surface area (Å²) < 4.78 is 5.40. The highest BCUT2D eigenvalue weighted by atomic mass is 16.5. The fourth-order valence-corrected chi connectivity index (χ4v) is 4.19. The fourth-order valence-electron chi connectivity index (χ4n) is 4.19. The van der Waals surface area contributed by atoms with Gasteiger partial charge in [-0.25, -0.2) is 0 Å². The summed E-state index contributed by atoms with van der Waals surface area (Å²) in [5.74, 6) is 1.42. The normalized spacial score (nSPS) is 20.4. The predicted octanol–water partition coefficient (Wildman–Crippen LogP) is 4.47. The molecular formula is C23H28N2O2. The van der Waals surface area contributed by atoms with Crippen molar-refractivity contribution >= 4 is 16.6 Å². The Labute approximate surface area is 161 Å². The minimum Gasteiger partial charge on any atom is -0.496 e. The average Bonchev–Trinajstić information content (AvgIpc) is 2.69. The van der Waals surface area contributed by atoms with Gasteiger partial charge in [-0.05, 0) is 54.8 Å². The smallest absolute Gasteiger partial charge is 0.167 e. The van der Waals surface area contributed by atoms with Crippen molar-refractivity contribution < 1.29 is 9.53 Å². The second-order valence-corrected chi connectivity index (χ2v) is 7.55. The molecule has 0 saturated carbocycles. The quantitative estimate of drug-likeness (QED) is 0.710. The number of piperidine rings is 1. The SMILES string of the molecule is CCCN1CCC(C)C(C(=O)c2ccc3c(CC#N)c(OC)ccc3c2)C1. The molecule has 1 heterocycles. The molecule has 2 aromatic rings. The van der Waals surface area contributed by atoms with Crippen molar-refractivity contribution in [3.05, 3.63) is 41.5 Å². The summed E-state index contributed by atoms with van der Waals surface area (Å²) in [6.45, 7) is 7.39. The number of benzene rings is 2. The van der Waals surface area contributed by atoms with Crippen molar-refractivity contribution in [3.63, 3.8) is 0 Å². The van der Waals surface area contributed by atoms with Crippen LogP contribution in [0.4, 0.5) is 0 Å². The highest BCUT2D eigenvalue weighted by Gasteiger charge is 2.31. The number of fused-ring (bicyclic) bond motifs is 1. The zero-order valence-corrected chi connectivity index (χ0v) is 16.5. The molecule has 3 rings (SSSR count). The van der Waals surface area contributed by atoms with Gasteiger partial charge >= 0.3 is 0 Å². The summed E-state index contributed by atoms with van der Waals surface area (Å²) in [5.41, 5.74) is 1.66. The molecule has 2 aromatic carbocycles. The number of Topliss-reactive ketones (excluding diaryl/α,β-unsaturated/α-hetero) is 1. The van der Waals surface area contributed by atoms with Gasteiger partial charge in [0.15, 0.2) is 5.78 Å². The number of likely N-dealkylation sites (tertiary alicyclic amines) is 1. The van der Waals surface area contributed by atoms with Gasteiger partial charge in [-0.1, -0.05) is 32.0 Å². The van der Waals surface area contributed by atoms with E-state index in [9.17, 15) is 4.79 Å². The third-order valence-corrected chi connectivity index (χ3v) is 5.77. The third-order valence-electron chi connectivity index (χ3n) is 5.77. The third kappa shape index (κ3) is 3.99. The van der Waals surface area contributed by atoms with E-state index in [1.54, 1.807) is 7.11 Å². The maximum atomic E-state index is 13.2.